The number of rotatable bonds is 5. The second-order valence-corrected chi connectivity index (χ2v) is 8.13. The van der Waals surface area contributed by atoms with E-state index >= 15 is 0 Å². The Morgan fingerprint density at radius 2 is 1.97 bits per heavy atom. The molecule has 10 nitrogen and oxygen atoms in total. The number of carbonyl (C=O) groups is 1. The lowest BCUT2D eigenvalue weighted by Crippen LogP contribution is -2.64. The van der Waals surface area contributed by atoms with Crippen molar-refractivity contribution in [3.05, 3.63) is 31.1 Å². The third-order valence-electron chi connectivity index (χ3n) is 5.90. The Balaban J connectivity index is 1.30. The van der Waals surface area contributed by atoms with Crippen molar-refractivity contribution in [2.45, 2.75) is 56.4 Å². The Hall–Kier alpha value is -2.59. The zero-order valence-corrected chi connectivity index (χ0v) is 16.6. The molecule has 156 valence electrons. The first kappa shape index (κ1) is 19.7. The van der Waals surface area contributed by atoms with E-state index in [1.54, 1.807) is 42.6 Å². The summed E-state index contributed by atoms with van der Waals surface area (Å²) in [7, 11) is 0. The molecule has 2 atom stereocenters. The molecule has 0 bridgehead atoms. The SMILES string of the molecule is C[C@]1(O)CC2(CCN(c3ncccn3)CC2)OC[C@@H]1NC(=O)CCn1cnnc1. The minimum atomic E-state index is -1.03. The van der Waals surface area contributed by atoms with Crippen molar-refractivity contribution in [1.29, 1.82) is 0 Å². The van der Waals surface area contributed by atoms with Crippen LogP contribution in [0.25, 0.3) is 0 Å². The molecule has 1 spiro atoms. The van der Waals surface area contributed by atoms with Crippen molar-refractivity contribution in [2.24, 2.45) is 0 Å². The van der Waals surface area contributed by atoms with E-state index in [1.165, 1.54) is 0 Å². The minimum Gasteiger partial charge on any atom is -0.388 e. The van der Waals surface area contributed by atoms with Gasteiger partial charge >= 0.3 is 0 Å². The molecule has 4 heterocycles. The van der Waals surface area contributed by atoms with E-state index in [4.69, 9.17) is 4.74 Å². The number of piperidine rings is 1. The number of aryl methyl sites for hydroxylation is 1. The lowest BCUT2D eigenvalue weighted by Gasteiger charge is -2.51. The summed E-state index contributed by atoms with van der Waals surface area (Å²) in [5.74, 6) is 0.600. The third kappa shape index (κ3) is 4.54. The monoisotopic (exact) mass is 401 g/mol. The summed E-state index contributed by atoms with van der Waals surface area (Å²) in [4.78, 5) is 23.1. The summed E-state index contributed by atoms with van der Waals surface area (Å²) in [5, 5.41) is 21.5. The predicted molar refractivity (Wildman–Crippen MR) is 104 cm³/mol. The van der Waals surface area contributed by atoms with E-state index in [0.29, 0.717) is 26.0 Å². The van der Waals surface area contributed by atoms with Gasteiger partial charge in [-0.05, 0) is 25.8 Å². The lowest BCUT2D eigenvalue weighted by molar-refractivity contribution is -0.181. The van der Waals surface area contributed by atoms with Crippen LogP contribution < -0.4 is 10.2 Å². The van der Waals surface area contributed by atoms with Crippen molar-refractivity contribution in [3.63, 3.8) is 0 Å². The van der Waals surface area contributed by atoms with Gasteiger partial charge in [-0.1, -0.05) is 0 Å². The second kappa shape index (κ2) is 8.03. The third-order valence-corrected chi connectivity index (χ3v) is 5.90. The van der Waals surface area contributed by atoms with Crippen LogP contribution in [0, 0.1) is 0 Å². The van der Waals surface area contributed by atoms with Gasteiger partial charge in [0.2, 0.25) is 11.9 Å². The summed E-state index contributed by atoms with van der Waals surface area (Å²) in [6, 6.07) is 1.37. The number of carbonyl (C=O) groups excluding carboxylic acids is 1. The average Bonchev–Trinajstić information content (AvgIpc) is 3.23. The molecular weight excluding hydrogens is 374 g/mol. The van der Waals surface area contributed by atoms with Gasteiger partial charge in [-0.15, -0.1) is 10.2 Å². The molecule has 0 aliphatic carbocycles. The largest absolute Gasteiger partial charge is 0.388 e. The number of ether oxygens (including phenoxy) is 1. The van der Waals surface area contributed by atoms with Gasteiger partial charge in [-0.3, -0.25) is 4.79 Å². The predicted octanol–water partition coefficient (Wildman–Crippen LogP) is 0.154. The number of hydrogen-bond donors (Lipinski definition) is 2. The van der Waals surface area contributed by atoms with Gasteiger partial charge < -0.3 is 24.6 Å². The van der Waals surface area contributed by atoms with Crippen LogP contribution in [0.3, 0.4) is 0 Å². The number of aliphatic hydroxyl groups is 1. The topological polar surface area (TPSA) is 118 Å². The van der Waals surface area contributed by atoms with Crippen molar-refractivity contribution in [3.8, 4) is 0 Å². The van der Waals surface area contributed by atoms with Gasteiger partial charge in [0.15, 0.2) is 0 Å². The number of amides is 1. The van der Waals surface area contributed by atoms with E-state index in [9.17, 15) is 9.90 Å². The number of nitrogens with one attached hydrogen (secondary N) is 1. The fourth-order valence-electron chi connectivity index (χ4n) is 4.19. The fourth-order valence-corrected chi connectivity index (χ4v) is 4.19. The molecule has 2 aliphatic heterocycles. The molecular formula is C19H27N7O3. The highest BCUT2D eigenvalue weighted by Gasteiger charge is 2.49. The van der Waals surface area contributed by atoms with Gasteiger partial charge in [0.1, 0.15) is 12.7 Å². The summed E-state index contributed by atoms with van der Waals surface area (Å²) in [6.07, 6.45) is 8.98. The van der Waals surface area contributed by atoms with Crippen LogP contribution in [0.1, 0.15) is 32.6 Å². The highest BCUT2D eigenvalue weighted by Crippen LogP contribution is 2.40. The van der Waals surface area contributed by atoms with Gasteiger partial charge in [0.05, 0.1) is 23.9 Å². The Bertz CT molecular complexity index is 804. The Labute approximate surface area is 169 Å². The van der Waals surface area contributed by atoms with Crippen molar-refractivity contribution < 1.29 is 14.6 Å². The van der Waals surface area contributed by atoms with E-state index in [1.807, 2.05) is 0 Å². The van der Waals surface area contributed by atoms with Crippen LogP contribution in [-0.4, -0.2) is 72.7 Å². The highest BCUT2D eigenvalue weighted by atomic mass is 16.5. The smallest absolute Gasteiger partial charge is 0.225 e. The van der Waals surface area contributed by atoms with Gasteiger partial charge in [0.25, 0.3) is 0 Å². The molecule has 2 fully saturated rings. The minimum absolute atomic E-state index is 0.125. The summed E-state index contributed by atoms with van der Waals surface area (Å²) >= 11 is 0. The Morgan fingerprint density at radius 1 is 1.28 bits per heavy atom. The number of nitrogens with zero attached hydrogens (tertiary/aromatic N) is 6. The number of anilines is 1. The summed E-state index contributed by atoms with van der Waals surface area (Å²) < 4.78 is 7.97. The number of aromatic nitrogens is 5. The molecule has 2 aliphatic rings. The van der Waals surface area contributed by atoms with E-state index in [0.717, 1.165) is 31.9 Å². The van der Waals surface area contributed by atoms with Crippen LogP contribution >= 0.6 is 0 Å². The van der Waals surface area contributed by atoms with E-state index in [-0.39, 0.29) is 11.5 Å². The number of hydrogen-bond acceptors (Lipinski definition) is 8. The first-order chi connectivity index (χ1) is 14.0. The quantitative estimate of drug-likeness (QED) is 0.727. The highest BCUT2D eigenvalue weighted by molar-refractivity contribution is 5.76. The van der Waals surface area contributed by atoms with Gasteiger partial charge in [-0.25, -0.2) is 9.97 Å². The summed E-state index contributed by atoms with van der Waals surface area (Å²) in [6.45, 7) is 4.13. The average molecular weight is 401 g/mol. The van der Waals surface area contributed by atoms with E-state index < -0.39 is 11.6 Å². The maximum Gasteiger partial charge on any atom is 0.225 e. The first-order valence-corrected chi connectivity index (χ1v) is 9.96. The fraction of sp³-hybridized carbons (Fsp3) is 0.632. The van der Waals surface area contributed by atoms with Crippen molar-refractivity contribution >= 4 is 11.9 Å². The van der Waals surface area contributed by atoms with Crippen LogP contribution in [0.15, 0.2) is 31.1 Å². The Kier molecular flexibility index (Phi) is 5.46. The molecule has 0 radical (unpaired) electrons. The maximum absolute atomic E-state index is 12.3. The lowest BCUT2D eigenvalue weighted by atomic mass is 9.75. The standard InChI is InChI=1S/C19H27N7O3/c1-18(28)12-19(4-9-26(10-5-19)17-20-6-2-7-21-17)29-11-15(18)24-16(27)3-8-25-13-22-23-14-25/h2,6-7,13-15,28H,3-5,8-12H2,1H3,(H,24,27)/t15-,18-/m0/s1. The molecule has 4 rings (SSSR count). The molecule has 2 saturated heterocycles. The molecule has 2 aromatic rings. The van der Waals surface area contributed by atoms with Gasteiger partial charge in [0, 0.05) is 44.9 Å². The zero-order chi connectivity index (χ0) is 20.3. The van der Waals surface area contributed by atoms with Gasteiger partial charge in [-0.2, -0.15) is 0 Å². The van der Waals surface area contributed by atoms with Crippen molar-refractivity contribution in [2.75, 3.05) is 24.6 Å². The van der Waals surface area contributed by atoms with Crippen LogP contribution in [0.2, 0.25) is 0 Å². The molecule has 0 unspecified atom stereocenters. The molecule has 10 heteroatoms. The van der Waals surface area contributed by atoms with Crippen LogP contribution in [0.4, 0.5) is 5.95 Å². The summed E-state index contributed by atoms with van der Waals surface area (Å²) in [5.41, 5.74) is -1.41. The second-order valence-electron chi connectivity index (χ2n) is 8.13. The van der Waals surface area contributed by atoms with E-state index in [2.05, 4.69) is 30.4 Å². The maximum atomic E-state index is 12.3. The molecule has 29 heavy (non-hydrogen) atoms. The molecule has 2 aromatic heterocycles. The van der Waals surface area contributed by atoms with Crippen LogP contribution in [-0.2, 0) is 16.1 Å². The molecule has 2 N–H and O–H groups in total. The first-order valence-electron chi connectivity index (χ1n) is 9.96. The molecule has 0 saturated carbocycles. The van der Waals surface area contributed by atoms with Crippen LogP contribution in [0.5, 0.6) is 0 Å². The Morgan fingerprint density at radius 3 is 2.62 bits per heavy atom. The molecule has 0 aromatic carbocycles. The molecule has 1 amide bonds. The zero-order valence-electron chi connectivity index (χ0n) is 16.6. The van der Waals surface area contributed by atoms with Crippen molar-refractivity contribution in [1.82, 2.24) is 30.0 Å². The normalized spacial score (nSPS) is 26.4.